The zero-order valence-corrected chi connectivity index (χ0v) is 15.3. The second-order valence-corrected chi connectivity index (χ2v) is 7.26. The molecule has 1 aromatic carbocycles. The minimum atomic E-state index is -0.229. The Morgan fingerprint density at radius 3 is 2.46 bits per heavy atom. The van der Waals surface area contributed by atoms with Gasteiger partial charge in [0.15, 0.2) is 5.82 Å². The predicted octanol–water partition coefficient (Wildman–Crippen LogP) is 3.27. The van der Waals surface area contributed by atoms with Crippen LogP contribution in [-0.2, 0) is 4.79 Å². The Labute approximate surface area is 157 Å². The zero-order chi connectivity index (χ0) is 18.2. The van der Waals surface area contributed by atoms with Crippen molar-refractivity contribution in [3.05, 3.63) is 48.0 Å². The van der Waals surface area contributed by atoms with Crippen molar-refractivity contribution in [3.8, 4) is 0 Å². The quantitative estimate of drug-likeness (QED) is 0.763. The molecule has 1 fully saturated rings. The Morgan fingerprint density at radius 2 is 1.77 bits per heavy atom. The molecule has 0 bridgehead atoms. The summed E-state index contributed by atoms with van der Waals surface area (Å²) in [6.07, 6.45) is 5.81. The first-order chi connectivity index (χ1) is 12.7. The molecule has 1 aliphatic carbocycles. The number of amides is 2. The predicted molar refractivity (Wildman–Crippen MR) is 102 cm³/mol. The summed E-state index contributed by atoms with van der Waals surface area (Å²) in [6, 6.07) is 12.7. The molecule has 0 unspecified atom stereocenters. The molecule has 1 saturated carbocycles. The van der Waals surface area contributed by atoms with Crippen LogP contribution in [0.15, 0.2) is 47.5 Å². The summed E-state index contributed by atoms with van der Waals surface area (Å²) < 4.78 is 0. The molecular weight excluding hydrogens is 348 g/mol. The molecule has 0 saturated heterocycles. The van der Waals surface area contributed by atoms with Gasteiger partial charge in [-0.3, -0.25) is 9.59 Å². The average molecular weight is 370 g/mol. The van der Waals surface area contributed by atoms with E-state index in [-0.39, 0.29) is 11.8 Å². The van der Waals surface area contributed by atoms with Gasteiger partial charge in [0.1, 0.15) is 5.03 Å². The molecule has 0 aliphatic heterocycles. The van der Waals surface area contributed by atoms with E-state index in [1.165, 1.54) is 31.0 Å². The number of aromatic nitrogens is 2. The number of hydrogen-bond acceptors (Lipinski definition) is 5. The van der Waals surface area contributed by atoms with Gasteiger partial charge in [-0.15, -0.1) is 10.2 Å². The Hall–Kier alpha value is -2.41. The van der Waals surface area contributed by atoms with Gasteiger partial charge in [0.25, 0.3) is 5.91 Å². The van der Waals surface area contributed by atoms with Gasteiger partial charge in [-0.05, 0) is 37.1 Å². The van der Waals surface area contributed by atoms with Crippen molar-refractivity contribution in [1.29, 1.82) is 0 Å². The summed E-state index contributed by atoms with van der Waals surface area (Å²) in [5.74, 6) is 0.508. The van der Waals surface area contributed by atoms with Gasteiger partial charge in [0.2, 0.25) is 5.91 Å². The van der Waals surface area contributed by atoms with E-state index in [0.29, 0.717) is 28.2 Å². The summed E-state index contributed by atoms with van der Waals surface area (Å²) in [5.41, 5.74) is 0.562. The van der Waals surface area contributed by atoms with Gasteiger partial charge >= 0.3 is 0 Å². The van der Waals surface area contributed by atoms with E-state index in [0.717, 1.165) is 12.8 Å². The van der Waals surface area contributed by atoms with Crippen molar-refractivity contribution in [2.24, 2.45) is 0 Å². The van der Waals surface area contributed by atoms with Crippen LogP contribution in [0, 0.1) is 0 Å². The van der Waals surface area contributed by atoms with Crippen molar-refractivity contribution in [1.82, 2.24) is 15.5 Å². The first-order valence-electron chi connectivity index (χ1n) is 8.83. The molecule has 0 spiro atoms. The highest BCUT2D eigenvalue weighted by molar-refractivity contribution is 7.99. The Morgan fingerprint density at radius 1 is 1.00 bits per heavy atom. The lowest BCUT2D eigenvalue weighted by Crippen LogP contribution is -2.37. The van der Waals surface area contributed by atoms with Crippen LogP contribution in [0.5, 0.6) is 0 Å². The fourth-order valence-corrected chi connectivity index (χ4v) is 3.52. The number of thioether (sulfide) groups is 1. The maximum absolute atomic E-state index is 12.1. The fraction of sp³-hybridized carbons (Fsp3) is 0.368. The molecule has 2 amide bonds. The first kappa shape index (κ1) is 18.4. The maximum atomic E-state index is 12.1. The van der Waals surface area contributed by atoms with Gasteiger partial charge in [0, 0.05) is 11.6 Å². The molecule has 0 atom stereocenters. The molecule has 0 radical (unpaired) electrons. The van der Waals surface area contributed by atoms with Crippen LogP contribution in [0.25, 0.3) is 0 Å². The van der Waals surface area contributed by atoms with Crippen LogP contribution < -0.4 is 10.6 Å². The second kappa shape index (κ2) is 9.33. The number of benzene rings is 1. The third kappa shape index (κ3) is 5.56. The number of nitrogens with one attached hydrogen (secondary N) is 2. The van der Waals surface area contributed by atoms with Crippen molar-refractivity contribution in [2.75, 3.05) is 11.1 Å². The Bertz CT molecular complexity index is 731. The second-order valence-electron chi connectivity index (χ2n) is 6.27. The highest BCUT2D eigenvalue weighted by Crippen LogP contribution is 2.19. The molecule has 2 N–H and O–H groups in total. The SMILES string of the molecule is O=C(CSc1ccc(NC(=O)c2ccccc2)nn1)NC1CCCCC1. The number of carbonyl (C=O) groups excluding carboxylic acids is 2. The van der Waals surface area contributed by atoms with Crippen molar-refractivity contribution in [3.63, 3.8) is 0 Å². The third-order valence-electron chi connectivity index (χ3n) is 4.24. The standard InChI is InChI=1S/C19H22N4O2S/c24-17(20-15-9-5-2-6-10-15)13-26-18-12-11-16(22-23-18)21-19(25)14-7-3-1-4-8-14/h1,3-4,7-8,11-12,15H,2,5-6,9-10,13H2,(H,20,24)(H,21,22,25). The van der Waals surface area contributed by atoms with E-state index in [1.807, 2.05) is 6.07 Å². The number of anilines is 1. The van der Waals surface area contributed by atoms with Crippen molar-refractivity contribution < 1.29 is 9.59 Å². The van der Waals surface area contributed by atoms with Crippen LogP contribution in [0.4, 0.5) is 5.82 Å². The highest BCUT2D eigenvalue weighted by atomic mass is 32.2. The molecule has 1 aromatic heterocycles. The lowest BCUT2D eigenvalue weighted by Gasteiger charge is -2.22. The number of rotatable bonds is 6. The van der Waals surface area contributed by atoms with Gasteiger partial charge in [0.05, 0.1) is 5.75 Å². The Kier molecular flexibility index (Phi) is 6.60. The van der Waals surface area contributed by atoms with E-state index in [4.69, 9.17) is 0 Å². The lowest BCUT2D eigenvalue weighted by molar-refractivity contribution is -0.119. The summed E-state index contributed by atoms with van der Waals surface area (Å²) in [7, 11) is 0. The normalized spacial score (nSPS) is 14.6. The van der Waals surface area contributed by atoms with E-state index in [2.05, 4.69) is 20.8 Å². The highest BCUT2D eigenvalue weighted by Gasteiger charge is 2.15. The van der Waals surface area contributed by atoms with Crippen LogP contribution in [0.3, 0.4) is 0 Å². The van der Waals surface area contributed by atoms with E-state index < -0.39 is 0 Å². The summed E-state index contributed by atoms with van der Waals surface area (Å²) >= 11 is 1.34. The summed E-state index contributed by atoms with van der Waals surface area (Å²) in [4.78, 5) is 24.1. The lowest BCUT2D eigenvalue weighted by atomic mass is 9.95. The molecule has 2 aromatic rings. The van der Waals surface area contributed by atoms with Gasteiger partial charge in [-0.1, -0.05) is 49.2 Å². The van der Waals surface area contributed by atoms with Crippen LogP contribution in [0.2, 0.25) is 0 Å². The number of nitrogens with zero attached hydrogens (tertiary/aromatic N) is 2. The van der Waals surface area contributed by atoms with E-state index in [9.17, 15) is 9.59 Å². The minimum Gasteiger partial charge on any atom is -0.353 e. The maximum Gasteiger partial charge on any atom is 0.256 e. The van der Waals surface area contributed by atoms with Crippen molar-refractivity contribution >= 4 is 29.4 Å². The fourth-order valence-electron chi connectivity index (χ4n) is 2.90. The third-order valence-corrected chi connectivity index (χ3v) is 5.16. The van der Waals surface area contributed by atoms with Crippen LogP contribution in [-0.4, -0.2) is 33.8 Å². The average Bonchev–Trinajstić information content (AvgIpc) is 2.69. The Balaban J connectivity index is 1.45. The minimum absolute atomic E-state index is 0.0326. The molecule has 136 valence electrons. The van der Waals surface area contributed by atoms with Crippen LogP contribution in [0.1, 0.15) is 42.5 Å². The van der Waals surface area contributed by atoms with E-state index in [1.54, 1.807) is 36.4 Å². The van der Waals surface area contributed by atoms with E-state index >= 15 is 0 Å². The van der Waals surface area contributed by atoms with Crippen LogP contribution >= 0.6 is 11.8 Å². The zero-order valence-electron chi connectivity index (χ0n) is 14.5. The van der Waals surface area contributed by atoms with Crippen molar-refractivity contribution in [2.45, 2.75) is 43.2 Å². The monoisotopic (exact) mass is 370 g/mol. The van der Waals surface area contributed by atoms with Gasteiger partial charge < -0.3 is 10.6 Å². The van der Waals surface area contributed by atoms with Gasteiger partial charge in [-0.2, -0.15) is 0 Å². The summed E-state index contributed by atoms with van der Waals surface area (Å²) in [6.45, 7) is 0. The smallest absolute Gasteiger partial charge is 0.256 e. The molecule has 7 heteroatoms. The number of hydrogen-bond donors (Lipinski definition) is 2. The molecule has 1 aliphatic rings. The topological polar surface area (TPSA) is 84.0 Å². The summed E-state index contributed by atoms with van der Waals surface area (Å²) in [5, 5.41) is 14.5. The first-order valence-corrected chi connectivity index (χ1v) is 9.81. The largest absolute Gasteiger partial charge is 0.353 e. The molecule has 6 nitrogen and oxygen atoms in total. The number of carbonyl (C=O) groups is 2. The van der Waals surface area contributed by atoms with Gasteiger partial charge in [-0.25, -0.2) is 0 Å². The molecular formula is C19H22N4O2S. The molecule has 1 heterocycles. The molecule has 26 heavy (non-hydrogen) atoms. The molecule has 3 rings (SSSR count).